The number of aromatic nitrogens is 1. The summed E-state index contributed by atoms with van der Waals surface area (Å²) in [6, 6.07) is 21.3. The van der Waals surface area contributed by atoms with Crippen LogP contribution in [0, 0.1) is 29.6 Å². The molecule has 0 aliphatic carbocycles. The van der Waals surface area contributed by atoms with E-state index in [-0.39, 0.29) is 19.2 Å². The maximum absolute atomic E-state index is 11.9. The van der Waals surface area contributed by atoms with Gasteiger partial charge in [0.15, 0.2) is 11.5 Å². The minimum Gasteiger partial charge on any atom is -0.488 e. The minimum absolute atomic E-state index is 0.164. The zero-order chi connectivity index (χ0) is 37.4. The van der Waals surface area contributed by atoms with Crippen LogP contribution in [-0.2, 0) is 24.5 Å². The van der Waals surface area contributed by atoms with E-state index in [1.54, 1.807) is 12.3 Å². The number of nitrogens with one attached hydrogen (secondary N) is 3. The first-order chi connectivity index (χ1) is 25.8. The summed E-state index contributed by atoms with van der Waals surface area (Å²) >= 11 is 0. The molecule has 0 radical (unpaired) electrons. The third kappa shape index (κ3) is 11.3. The van der Waals surface area contributed by atoms with Crippen molar-refractivity contribution in [2.75, 3.05) is 66.7 Å². The number of carbonyl (C=O) groups is 1. The highest BCUT2D eigenvalue weighted by atomic mass is 16.6. The molecule has 0 saturated carbocycles. The molecule has 0 unspecified atom stereocenters. The Hall–Kier alpha value is -5.86. The number of nitrogens with zero attached hydrogens (tertiary/aromatic N) is 4. The molecule has 0 fully saturated rings. The van der Waals surface area contributed by atoms with Crippen LogP contribution in [0.25, 0.3) is 11.1 Å². The molecule has 0 spiro atoms. The van der Waals surface area contributed by atoms with Gasteiger partial charge in [0.05, 0.1) is 24.3 Å². The highest BCUT2D eigenvalue weighted by Gasteiger charge is 2.17. The largest absolute Gasteiger partial charge is 0.488 e. The van der Waals surface area contributed by atoms with Gasteiger partial charge in [-0.05, 0) is 62.0 Å². The lowest BCUT2D eigenvalue weighted by Gasteiger charge is -2.19. The first-order valence-corrected chi connectivity index (χ1v) is 17.4. The molecule has 276 valence electrons. The number of urea groups is 1. The summed E-state index contributed by atoms with van der Waals surface area (Å²) in [7, 11) is 3.90. The molecule has 2 heterocycles. The number of benzene rings is 3. The van der Waals surface area contributed by atoms with Gasteiger partial charge in [-0.1, -0.05) is 24.3 Å². The van der Waals surface area contributed by atoms with Crippen LogP contribution in [0.15, 0.2) is 67.0 Å². The Kier molecular flexibility index (Phi) is 14.2. The molecule has 0 atom stereocenters. The lowest BCUT2D eigenvalue weighted by Crippen LogP contribution is -2.40. The molecule has 13 nitrogen and oxygen atoms in total. The van der Waals surface area contributed by atoms with Crippen LogP contribution in [0.4, 0.5) is 4.79 Å². The zero-order valence-corrected chi connectivity index (χ0v) is 30.4. The maximum Gasteiger partial charge on any atom is 0.314 e. The summed E-state index contributed by atoms with van der Waals surface area (Å²) in [6.45, 7) is 7.00. The first kappa shape index (κ1) is 38.4. The molecule has 1 aromatic heterocycles. The third-order valence-corrected chi connectivity index (χ3v) is 8.29. The van der Waals surface area contributed by atoms with Crippen molar-refractivity contribution in [1.29, 1.82) is 10.5 Å². The van der Waals surface area contributed by atoms with Crippen LogP contribution in [0.3, 0.4) is 0 Å². The van der Waals surface area contributed by atoms with Crippen molar-refractivity contribution in [3.8, 4) is 46.3 Å². The molecule has 5 rings (SSSR count). The first-order valence-electron chi connectivity index (χ1n) is 17.4. The number of hydrogen-bond acceptors (Lipinski definition) is 11. The number of hydrogen-bond donors (Lipinski definition) is 3. The number of likely N-dealkylation sites (N-methyl/N-ethyl adjacent to an activating group) is 1. The summed E-state index contributed by atoms with van der Waals surface area (Å²) in [5, 5.41) is 28.5. The maximum atomic E-state index is 11.9. The van der Waals surface area contributed by atoms with Gasteiger partial charge in [0, 0.05) is 67.9 Å². The fourth-order valence-electron chi connectivity index (χ4n) is 5.57. The summed E-state index contributed by atoms with van der Waals surface area (Å²) in [5.41, 5.74) is 5.91. The second-order valence-electron chi connectivity index (χ2n) is 12.6. The van der Waals surface area contributed by atoms with E-state index < -0.39 is 0 Å². The molecule has 1 aliphatic rings. The van der Waals surface area contributed by atoms with Crippen molar-refractivity contribution in [2.45, 2.75) is 26.7 Å². The lowest BCUT2D eigenvalue weighted by molar-refractivity contribution is 0.138. The van der Waals surface area contributed by atoms with Crippen LogP contribution >= 0.6 is 0 Å². The predicted molar refractivity (Wildman–Crippen MR) is 199 cm³/mol. The van der Waals surface area contributed by atoms with E-state index >= 15 is 0 Å². The van der Waals surface area contributed by atoms with Crippen LogP contribution in [0.2, 0.25) is 0 Å². The fourth-order valence-corrected chi connectivity index (χ4v) is 5.57. The second-order valence-corrected chi connectivity index (χ2v) is 12.6. The summed E-state index contributed by atoms with van der Waals surface area (Å²) in [4.78, 5) is 18.0. The average molecular weight is 720 g/mol. The van der Waals surface area contributed by atoms with E-state index in [0.29, 0.717) is 86.7 Å². The van der Waals surface area contributed by atoms with Gasteiger partial charge in [-0.2, -0.15) is 10.5 Å². The van der Waals surface area contributed by atoms with E-state index in [4.69, 9.17) is 23.7 Å². The summed E-state index contributed by atoms with van der Waals surface area (Å²) < 4.78 is 29.8. The molecular formula is C40H45N7O6. The third-order valence-electron chi connectivity index (χ3n) is 8.29. The number of ether oxygens (including phenoxy) is 5. The van der Waals surface area contributed by atoms with Crippen molar-refractivity contribution in [1.82, 2.24) is 25.8 Å². The molecule has 3 aromatic carbocycles. The summed E-state index contributed by atoms with van der Waals surface area (Å²) in [5.74, 6) is 2.57. The van der Waals surface area contributed by atoms with Crippen molar-refractivity contribution >= 4 is 6.03 Å². The van der Waals surface area contributed by atoms with E-state index in [1.807, 2.05) is 74.4 Å². The van der Waals surface area contributed by atoms with Gasteiger partial charge in [0.25, 0.3) is 0 Å². The van der Waals surface area contributed by atoms with Crippen LogP contribution in [-0.4, -0.2) is 82.6 Å². The SMILES string of the molecule is Cc1cc(CNCCOCCNC(=O)NCCN(C)C)c(OCc2cncc(C#N)c2)cc1OCc1cccc(-c2ccc3c(c2)OCCO3)c1C#N. The lowest BCUT2D eigenvalue weighted by atomic mass is 9.96. The smallest absolute Gasteiger partial charge is 0.314 e. The van der Waals surface area contributed by atoms with Crippen molar-refractivity contribution in [3.63, 3.8) is 0 Å². The number of amides is 2. The standard InChI is InChI=1S/C40H45N7O6/c1-28-17-33(25-43-10-13-49-14-11-46-40(48)45-9-12-47(2)3)38(52-26-30-18-29(21-41)23-44-24-30)20-37(28)53-27-32-5-4-6-34(35(32)22-42)31-7-8-36-39(19-31)51-16-15-50-36/h4-8,17-20,23-24,43H,9-16,25-27H2,1-3H3,(H2,45,46,48). The molecule has 53 heavy (non-hydrogen) atoms. The average Bonchev–Trinajstić information content (AvgIpc) is 3.17. The monoisotopic (exact) mass is 719 g/mol. The van der Waals surface area contributed by atoms with Gasteiger partial charge in [0.2, 0.25) is 0 Å². The molecule has 0 bridgehead atoms. The molecule has 1 aliphatic heterocycles. The van der Waals surface area contributed by atoms with Gasteiger partial charge in [-0.3, -0.25) is 4.98 Å². The number of fused-ring (bicyclic) bond motifs is 1. The topological polar surface area (TPSA) is 163 Å². The molecular weight excluding hydrogens is 674 g/mol. The zero-order valence-electron chi connectivity index (χ0n) is 30.4. The number of carbonyl (C=O) groups excluding carboxylic acids is 1. The highest BCUT2D eigenvalue weighted by Crippen LogP contribution is 2.37. The van der Waals surface area contributed by atoms with E-state index in [9.17, 15) is 15.3 Å². The molecule has 3 N–H and O–H groups in total. The van der Waals surface area contributed by atoms with E-state index in [1.165, 1.54) is 6.20 Å². The summed E-state index contributed by atoms with van der Waals surface area (Å²) in [6.07, 6.45) is 3.18. The molecule has 0 saturated heterocycles. The number of nitriles is 2. The normalized spacial score (nSPS) is 11.7. The van der Waals surface area contributed by atoms with Gasteiger partial charge in [0.1, 0.15) is 50.1 Å². The number of aryl methyl sites for hydroxylation is 1. The van der Waals surface area contributed by atoms with Gasteiger partial charge in [-0.15, -0.1) is 0 Å². The van der Waals surface area contributed by atoms with Gasteiger partial charge in [-0.25, -0.2) is 4.79 Å². The van der Waals surface area contributed by atoms with Crippen LogP contribution in [0.1, 0.15) is 33.4 Å². The molecule has 2 amide bonds. The Morgan fingerprint density at radius 1 is 0.868 bits per heavy atom. The van der Waals surface area contributed by atoms with Gasteiger partial charge >= 0.3 is 6.03 Å². The van der Waals surface area contributed by atoms with Crippen molar-refractivity contribution < 1.29 is 28.5 Å². The van der Waals surface area contributed by atoms with Crippen molar-refractivity contribution in [2.24, 2.45) is 0 Å². The Bertz CT molecular complexity index is 1940. The Labute approximate surface area is 310 Å². The predicted octanol–water partition coefficient (Wildman–Crippen LogP) is 4.70. The van der Waals surface area contributed by atoms with Crippen LogP contribution < -0.4 is 34.9 Å². The minimum atomic E-state index is -0.213. The molecule has 13 heteroatoms. The quantitative estimate of drug-likeness (QED) is 0.122. The highest BCUT2D eigenvalue weighted by molar-refractivity contribution is 5.74. The number of pyridine rings is 1. The Morgan fingerprint density at radius 3 is 2.47 bits per heavy atom. The fraction of sp³-hybridized carbons (Fsp3) is 0.350. The second kappa shape index (κ2) is 19.7. The Balaban J connectivity index is 1.22. The number of rotatable bonds is 18. The molecule has 4 aromatic rings. The van der Waals surface area contributed by atoms with E-state index in [2.05, 4.69) is 33.1 Å². The van der Waals surface area contributed by atoms with Crippen LogP contribution in [0.5, 0.6) is 23.0 Å². The van der Waals surface area contributed by atoms with E-state index in [0.717, 1.165) is 39.9 Å². The Morgan fingerprint density at radius 2 is 1.66 bits per heavy atom. The van der Waals surface area contributed by atoms with Crippen molar-refractivity contribution in [3.05, 3.63) is 100 Å². The van der Waals surface area contributed by atoms with Gasteiger partial charge < -0.3 is 44.5 Å².